The van der Waals surface area contributed by atoms with Crippen LogP contribution in [-0.2, 0) is 13.1 Å². The van der Waals surface area contributed by atoms with Gasteiger partial charge in [0.1, 0.15) is 12.2 Å². The Kier molecular flexibility index (Phi) is 6.41. The Bertz CT molecular complexity index is 1460. The van der Waals surface area contributed by atoms with E-state index in [2.05, 4.69) is 35.4 Å². The number of pyridine rings is 1. The normalized spacial score (nSPS) is 17.0. The third-order valence-corrected chi connectivity index (χ3v) is 6.01. The van der Waals surface area contributed by atoms with Gasteiger partial charge in [0.2, 0.25) is 11.8 Å². The topological polar surface area (TPSA) is 154 Å². The maximum Gasteiger partial charge on any atom is 0.242 e. The first-order valence-electron chi connectivity index (χ1n) is 11.6. The molecule has 36 heavy (non-hydrogen) atoms. The number of aromatic nitrogens is 7. The Labute approximate surface area is 207 Å². The van der Waals surface area contributed by atoms with Crippen molar-refractivity contribution in [2.75, 3.05) is 26.8 Å². The Balaban J connectivity index is 1.68. The first kappa shape index (κ1) is 23.5. The van der Waals surface area contributed by atoms with Crippen molar-refractivity contribution in [3.05, 3.63) is 34.9 Å². The summed E-state index contributed by atoms with van der Waals surface area (Å²) in [7, 11) is 1.98. The molecule has 0 fully saturated rings. The summed E-state index contributed by atoms with van der Waals surface area (Å²) in [6.45, 7) is 5.11. The highest BCUT2D eigenvalue weighted by atomic mass is 16.5. The summed E-state index contributed by atoms with van der Waals surface area (Å²) in [5.74, 6) is 0.824. The van der Waals surface area contributed by atoms with Gasteiger partial charge in [-0.25, -0.2) is 0 Å². The molecule has 1 aliphatic heterocycles. The Hall–Kier alpha value is -4.21. The monoisotopic (exact) mass is 489 g/mol. The lowest BCUT2D eigenvalue weighted by atomic mass is 10.1. The summed E-state index contributed by atoms with van der Waals surface area (Å²) in [6, 6.07) is 3.95. The van der Waals surface area contributed by atoms with E-state index in [1.54, 1.807) is 10.9 Å². The number of hydrogen-bond acceptors (Lipinski definition) is 9. The molecule has 4 aromatic heterocycles. The number of nitrogens with one attached hydrogen (secondary N) is 2. The average Bonchev–Trinajstić information content (AvgIpc) is 3.51. The molecule has 0 saturated carbocycles. The fourth-order valence-corrected chi connectivity index (χ4v) is 4.45. The number of aliphatic hydroxyl groups is 1. The van der Waals surface area contributed by atoms with Crippen molar-refractivity contribution in [1.82, 2.24) is 40.1 Å². The van der Waals surface area contributed by atoms with E-state index in [4.69, 9.17) is 14.7 Å². The first-order chi connectivity index (χ1) is 17.5. The van der Waals surface area contributed by atoms with Gasteiger partial charge in [0.05, 0.1) is 53.1 Å². The van der Waals surface area contributed by atoms with Crippen LogP contribution in [0.4, 0.5) is 0 Å². The largest absolute Gasteiger partial charge is 0.472 e. The summed E-state index contributed by atoms with van der Waals surface area (Å²) in [5, 5.41) is 39.0. The molecule has 2 bridgehead atoms. The van der Waals surface area contributed by atoms with Crippen LogP contribution < -0.4 is 9.47 Å². The lowest BCUT2D eigenvalue weighted by molar-refractivity contribution is 0.151. The number of aromatic amines is 2. The van der Waals surface area contributed by atoms with Crippen molar-refractivity contribution in [2.45, 2.75) is 33.0 Å². The molecule has 5 rings (SSSR count). The van der Waals surface area contributed by atoms with Crippen molar-refractivity contribution >= 4 is 23.1 Å². The summed E-state index contributed by atoms with van der Waals surface area (Å²) >= 11 is 0. The maximum atomic E-state index is 9.63. The zero-order chi connectivity index (χ0) is 25.2. The summed E-state index contributed by atoms with van der Waals surface area (Å²) in [5.41, 5.74) is 5.46. The van der Waals surface area contributed by atoms with Crippen LogP contribution in [0.5, 0.6) is 11.8 Å². The number of nitriles is 1. The SMILES string of the molecule is Cc1[nH]nc2c1-c1cc3c(n[nH]c3cn1)/C=C/c1c(OCC#N)nn(CCO)c1CN(C)CC(C)O2. The second-order valence-corrected chi connectivity index (χ2v) is 8.77. The molecule has 4 aromatic rings. The van der Waals surface area contributed by atoms with Gasteiger partial charge in [0.15, 0.2) is 6.61 Å². The van der Waals surface area contributed by atoms with Gasteiger partial charge in [0.25, 0.3) is 0 Å². The molecule has 1 unspecified atom stereocenters. The fraction of sp³-hybridized carbons (Fsp3) is 0.375. The summed E-state index contributed by atoms with van der Waals surface area (Å²) < 4.78 is 13.6. The molecule has 0 aromatic carbocycles. The molecule has 0 aliphatic carbocycles. The van der Waals surface area contributed by atoms with E-state index in [0.29, 0.717) is 37.1 Å². The number of aliphatic hydroxyl groups excluding tert-OH is 1. The molecule has 0 saturated heterocycles. The molecule has 186 valence electrons. The molecule has 0 amide bonds. The molecule has 12 heteroatoms. The third-order valence-electron chi connectivity index (χ3n) is 6.01. The van der Waals surface area contributed by atoms with E-state index >= 15 is 0 Å². The number of H-pyrrole nitrogens is 2. The second-order valence-electron chi connectivity index (χ2n) is 8.77. The van der Waals surface area contributed by atoms with E-state index in [-0.39, 0.29) is 19.3 Å². The number of aryl methyl sites for hydroxylation is 1. The molecular weight excluding hydrogens is 462 g/mol. The van der Waals surface area contributed by atoms with Crippen molar-refractivity contribution in [2.24, 2.45) is 0 Å². The second kappa shape index (κ2) is 9.80. The van der Waals surface area contributed by atoms with Crippen LogP contribution >= 0.6 is 0 Å². The van der Waals surface area contributed by atoms with E-state index in [1.165, 1.54) is 0 Å². The van der Waals surface area contributed by atoms with E-state index < -0.39 is 0 Å². The van der Waals surface area contributed by atoms with Crippen LogP contribution in [0.3, 0.4) is 0 Å². The van der Waals surface area contributed by atoms with Crippen LogP contribution in [0, 0.1) is 18.3 Å². The Morgan fingerprint density at radius 2 is 2.17 bits per heavy atom. The predicted molar refractivity (Wildman–Crippen MR) is 132 cm³/mol. The lowest BCUT2D eigenvalue weighted by Crippen LogP contribution is -2.32. The fourth-order valence-electron chi connectivity index (χ4n) is 4.45. The van der Waals surface area contributed by atoms with Crippen molar-refractivity contribution in [3.63, 3.8) is 0 Å². The van der Waals surface area contributed by atoms with Crippen LogP contribution in [-0.4, -0.2) is 78.1 Å². The molecule has 0 spiro atoms. The number of rotatable bonds is 4. The quantitative estimate of drug-likeness (QED) is 0.391. The smallest absolute Gasteiger partial charge is 0.242 e. The first-order valence-corrected chi connectivity index (χ1v) is 11.6. The average molecular weight is 490 g/mol. The highest BCUT2D eigenvalue weighted by Gasteiger charge is 2.23. The van der Waals surface area contributed by atoms with Gasteiger partial charge in [-0.3, -0.25) is 24.8 Å². The maximum absolute atomic E-state index is 9.63. The van der Waals surface area contributed by atoms with Crippen molar-refractivity contribution < 1.29 is 14.6 Å². The lowest BCUT2D eigenvalue weighted by Gasteiger charge is -2.22. The third kappa shape index (κ3) is 4.41. The van der Waals surface area contributed by atoms with Crippen molar-refractivity contribution in [1.29, 1.82) is 5.26 Å². The van der Waals surface area contributed by atoms with Gasteiger partial charge in [0, 0.05) is 24.2 Å². The standard InChI is InChI=1S/C24H27N9O3/c1-14-12-32(3)13-21-16(23(35-9-6-25)31-33(21)7-8-34)4-5-18-17-10-19(26-11-20(17)29-28-18)22-15(2)27-30-24(22)36-14/h4-5,10-11,14,34H,7-9,12-13H2,1-3H3,(H,27,30)(H,28,29)/b5-4+. The van der Waals surface area contributed by atoms with Crippen LogP contribution in [0.2, 0.25) is 0 Å². The highest BCUT2D eigenvalue weighted by Crippen LogP contribution is 2.33. The van der Waals surface area contributed by atoms with Gasteiger partial charge in [-0.1, -0.05) is 0 Å². The molecule has 12 nitrogen and oxygen atoms in total. The minimum absolute atomic E-state index is 0.0835. The summed E-state index contributed by atoms with van der Waals surface area (Å²) in [4.78, 5) is 6.72. The van der Waals surface area contributed by atoms with Crippen LogP contribution in [0.25, 0.3) is 34.3 Å². The highest BCUT2D eigenvalue weighted by molar-refractivity contribution is 5.92. The Morgan fingerprint density at radius 3 is 2.97 bits per heavy atom. The van der Waals surface area contributed by atoms with Crippen LogP contribution in [0.15, 0.2) is 12.3 Å². The number of nitrogens with zero attached hydrogens (tertiary/aromatic N) is 7. The predicted octanol–water partition coefficient (Wildman–Crippen LogP) is 2.13. The zero-order valence-corrected chi connectivity index (χ0v) is 20.3. The summed E-state index contributed by atoms with van der Waals surface area (Å²) in [6.07, 6.45) is 5.33. The number of likely N-dealkylation sites (N-methyl/N-ethyl adjacent to an activating group) is 1. The molecular formula is C24H27N9O3. The van der Waals surface area contributed by atoms with E-state index in [9.17, 15) is 5.11 Å². The molecule has 0 radical (unpaired) electrons. The van der Waals surface area contributed by atoms with E-state index in [0.717, 1.165) is 39.1 Å². The minimum Gasteiger partial charge on any atom is -0.472 e. The van der Waals surface area contributed by atoms with Gasteiger partial charge < -0.3 is 14.6 Å². The van der Waals surface area contributed by atoms with Gasteiger partial charge in [-0.05, 0) is 39.1 Å². The van der Waals surface area contributed by atoms with Gasteiger partial charge in [-0.15, -0.1) is 10.2 Å². The molecule has 3 N–H and O–H groups in total. The number of fused-ring (bicyclic) bond motifs is 4. The number of hydrogen-bond donors (Lipinski definition) is 3. The zero-order valence-electron chi connectivity index (χ0n) is 20.3. The van der Waals surface area contributed by atoms with E-state index in [1.807, 2.05) is 45.2 Å². The molecule has 1 atom stereocenters. The van der Waals surface area contributed by atoms with Gasteiger partial charge in [-0.2, -0.15) is 10.4 Å². The van der Waals surface area contributed by atoms with Crippen LogP contribution in [0.1, 0.15) is 29.6 Å². The number of ether oxygens (including phenoxy) is 2. The Morgan fingerprint density at radius 1 is 1.31 bits per heavy atom. The minimum atomic E-state index is -0.183. The molecule has 1 aliphatic rings. The molecule has 5 heterocycles. The van der Waals surface area contributed by atoms with Gasteiger partial charge >= 0.3 is 0 Å². The van der Waals surface area contributed by atoms with Crippen molar-refractivity contribution in [3.8, 4) is 29.1 Å².